The van der Waals surface area contributed by atoms with E-state index < -0.39 is 83.8 Å². The van der Waals surface area contributed by atoms with E-state index in [2.05, 4.69) is 20.3 Å². The molecular formula is C23H26F3N5O9S2. The number of amides is 2. The lowest BCUT2D eigenvalue weighted by atomic mass is 9.86. The lowest BCUT2D eigenvalue weighted by molar-refractivity contribution is -0.179. The average Bonchev–Trinajstić information content (AvgIpc) is 3.32. The summed E-state index contributed by atoms with van der Waals surface area (Å²) in [6, 6.07) is -1.17. The minimum absolute atomic E-state index is 0.0495. The lowest BCUT2D eigenvalue weighted by Gasteiger charge is -2.53. The highest BCUT2D eigenvalue weighted by Gasteiger charge is 2.57. The fourth-order valence-corrected chi connectivity index (χ4v) is 5.66. The van der Waals surface area contributed by atoms with Gasteiger partial charge in [-0.05, 0) is 20.8 Å². The standard InChI is InChI=1S/C23H26F3N5O9S2/c1-21(2,3)18(36)38-10-39-19(37)22(4-5-23(24,25)26)8-31-16(35)14(17(31)42-9-22)29-15(34)13(30-40-6-12(32)33)11-7-41-20(27)28-11/h4-5,7,14,17H,6,8-10H2,1-3H3,(H2,27,28)(H,29,34)(H,32,33)/t14?,17-,22?/m1/s1. The van der Waals surface area contributed by atoms with Crippen LogP contribution in [-0.2, 0) is 38.3 Å². The van der Waals surface area contributed by atoms with Crippen LogP contribution in [0.5, 0.6) is 0 Å². The van der Waals surface area contributed by atoms with E-state index in [1.165, 1.54) is 5.38 Å². The maximum atomic E-state index is 13.0. The van der Waals surface area contributed by atoms with Crippen molar-refractivity contribution in [1.29, 1.82) is 0 Å². The average molecular weight is 638 g/mol. The molecule has 2 saturated heterocycles. The van der Waals surface area contributed by atoms with Crippen LogP contribution in [0.15, 0.2) is 22.7 Å². The Hall–Kier alpha value is -3.87. The molecule has 2 fully saturated rings. The van der Waals surface area contributed by atoms with Crippen LogP contribution in [0.1, 0.15) is 26.5 Å². The number of halogens is 3. The number of oxime groups is 1. The minimum atomic E-state index is -4.78. The number of thiazole rings is 1. The Labute approximate surface area is 244 Å². The largest absolute Gasteiger partial charge is 0.479 e. The van der Waals surface area contributed by atoms with E-state index in [-0.39, 0.29) is 22.7 Å². The van der Waals surface area contributed by atoms with Crippen LogP contribution in [0.25, 0.3) is 0 Å². The number of nitrogen functional groups attached to an aromatic ring is 1. The summed E-state index contributed by atoms with van der Waals surface area (Å²) in [6.07, 6.45) is -4.32. The molecule has 2 aliphatic rings. The van der Waals surface area contributed by atoms with Gasteiger partial charge in [-0.1, -0.05) is 11.2 Å². The second kappa shape index (κ2) is 12.6. The van der Waals surface area contributed by atoms with E-state index in [0.717, 1.165) is 28.0 Å². The van der Waals surface area contributed by atoms with Gasteiger partial charge in [0.05, 0.1) is 5.41 Å². The second-order valence-corrected chi connectivity index (χ2v) is 12.1. The predicted octanol–water partition coefficient (Wildman–Crippen LogP) is 1.13. The predicted molar refractivity (Wildman–Crippen MR) is 141 cm³/mol. The van der Waals surface area contributed by atoms with Gasteiger partial charge in [0.15, 0.2) is 10.8 Å². The van der Waals surface area contributed by atoms with Crippen LogP contribution < -0.4 is 11.1 Å². The minimum Gasteiger partial charge on any atom is -0.479 e. The summed E-state index contributed by atoms with van der Waals surface area (Å²) in [5, 5.41) is 15.3. The Morgan fingerprint density at radius 1 is 1.29 bits per heavy atom. The van der Waals surface area contributed by atoms with Crippen molar-refractivity contribution in [3.63, 3.8) is 0 Å². The zero-order valence-corrected chi connectivity index (χ0v) is 23.9. The SMILES string of the molecule is CC(C)(C)C(=O)OCOC(=O)C1(C=CC(F)(F)F)CS[C@@H]2C(NC(=O)C(=NOCC(=O)O)c3csc(N)n3)C(=O)N2C1. The number of carbonyl (C=O) groups excluding carboxylic acids is 4. The molecule has 3 heterocycles. The zero-order chi connectivity index (χ0) is 31.5. The first kappa shape index (κ1) is 32.6. The van der Waals surface area contributed by atoms with Crippen molar-refractivity contribution in [3.05, 3.63) is 23.2 Å². The number of nitrogens with two attached hydrogens (primary N) is 1. The highest BCUT2D eigenvalue weighted by molar-refractivity contribution is 8.00. The van der Waals surface area contributed by atoms with Gasteiger partial charge in [0, 0.05) is 23.8 Å². The lowest BCUT2D eigenvalue weighted by Crippen LogP contribution is -2.74. The monoisotopic (exact) mass is 637 g/mol. The number of anilines is 1. The van der Waals surface area contributed by atoms with Crippen LogP contribution in [0.2, 0.25) is 0 Å². The number of alkyl halides is 3. The summed E-state index contributed by atoms with van der Waals surface area (Å²) in [7, 11) is 0. The van der Waals surface area contributed by atoms with Gasteiger partial charge < -0.3 is 35.4 Å². The molecule has 0 spiro atoms. The number of nitrogens with one attached hydrogen (secondary N) is 1. The second-order valence-electron chi connectivity index (χ2n) is 10.1. The van der Waals surface area contributed by atoms with Gasteiger partial charge >= 0.3 is 24.1 Å². The number of aliphatic carboxylic acids is 1. The Bertz CT molecular complexity index is 1310. The Morgan fingerprint density at radius 3 is 2.55 bits per heavy atom. The van der Waals surface area contributed by atoms with Crippen molar-refractivity contribution in [2.45, 2.75) is 38.4 Å². The molecule has 0 bridgehead atoms. The molecule has 14 nitrogen and oxygen atoms in total. The Kier molecular flexibility index (Phi) is 9.76. The van der Waals surface area contributed by atoms with Crippen LogP contribution in [0, 0.1) is 10.8 Å². The van der Waals surface area contributed by atoms with Crippen molar-refractivity contribution in [2.24, 2.45) is 16.0 Å². The number of aromatic nitrogens is 1. The first-order valence-corrected chi connectivity index (χ1v) is 13.8. The molecule has 1 aromatic rings. The van der Waals surface area contributed by atoms with E-state index in [9.17, 15) is 37.1 Å². The molecule has 42 heavy (non-hydrogen) atoms. The van der Waals surface area contributed by atoms with Gasteiger partial charge in [0.2, 0.25) is 19.3 Å². The number of ether oxygens (including phenoxy) is 2. The van der Waals surface area contributed by atoms with E-state index in [4.69, 9.17) is 20.3 Å². The molecule has 230 valence electrons. The summed E-state index contributed by atoms with van der Waals surface area (Å²) < 4.78 is 49.0. The molecule has 0 aliphatic carbocycles. The maximum absolute atomic E-state index is 13.0. The fourth-order valence-electron chi connectivity index (χ4n) is 3.60. The molecule has 1 aromatic heterocycles. The first-order valence-electron chi connectivity index (χ1n) is 11.9. The van der Waals surface area contributed by atoms with Gasteiger partial charge in [-0.3, -0.25) is 19.2 Å². The van der Waals surface area contributed by atoms with E-state index in [0.29, 0.717) is 6.08 Å². The summed E-state index contributed by atoms with van der Waals surface area (Å²) in [5.74, 6) is -5.19. The topological polar surface area (TPSA) is 200 Å². The molecular weight excluding hydrogens is 611 g/mol. The van der Waals surface area contributed by atoms with Gasteiger partial charge in [0.25, 0.3) is 5.91 Å². The quantitative estimate of drug-likeness (QED) is 0.0826. The van der Waals surface area contributed by atoms with Crippen molar-refractivity contribution in [3.8, 4) is 0 Å². The van der Waals surface area contributed by atoms with Gasteiger partial charge in [-0.15, -0.1) is 23.1 Å². The third-order valence-electron chi connectivity index (χ3n) is 5.71. The number of fused-ring (bicyclic) bond motifs is 1. The van der Waals surface area contributed by atoms with Crippen molar-refractivity contribution in [1.82, 2.24) is 15.2 Å². The molecule has 0 aromatic carbocycles. The summed E-state index contributed by atoms with van der Waals surface area (Å²) in [6.45, 7) is 2.43. The van der Waals surface area contributed by atoms with Gasteiger partial charge in [-0.25, -0.2) is 9.78 Å². The zero-order valence-electron chi connectivity index (χ0n) is 22.3. The van der Waals surface area contributed by atoms with Crippen LogP contribution >= 0.6 is 23.1 Å². The summed E-state index contributed by atoms with van der Waals surface area (Å²) in [4.78, 5) is 71.2. The van der Waals surface area contributed by atoms with Crippen LogP contribution in [0.3, 0.4) is 0 Å². The number of allylic oxidation sites excluding steroid dienone is 1. The molecule has 0 saturated carbocycles. The smallest absolute Gasteiger partial charge is 0.409 e. The molecule has 2 aliphatic heterocycles. The molecule has 19 heteroatoms. The normalized spacial score (nSPS) is 22.7. The maximum Gasteiger partial charge on any atom is 0.409 e. The Balaban J connectivity index is 1.74. The molecule has 3 atom stereocenters. The number of carbonyl (C=O) groups is 5. The number of hydrogen-bond acceptors (Lipinski definition) is 13. The number of thioether (sulfide) groups is 1. The summed E-state index contributed by atoms with van der Waals surface area (Å²) in [5.41, 5.74) is 2.22. The van der Waals surface area contributed by atoms with Crippen molar-refractivity contribution in [2.75, 3.05) is 31.4 Å². The number of nitrogens with zero attached hydrogens (tertiary/aromatic N) is 3. The van der Waals surface area contributed by atoms with E-state index in [1.807, 2.05) is 0 Å². The third-order valence-corrected chi connectivity index (χ3v) is 7.93. The van der Waals surface area contributed by atoms with E-state index in [1.54, 1.807) is 20.8 Å². The van der Waals surface area contributed by atoms with Crippen molar-refractivity contribution >= 4 is 63.7 Å². The van der Waals surface area contributed by atoms with Crippen LogP contribution in [-0.4, -0.2) is 93.7 Å². The number of hydrogen-bond donors (Lipinski definition) is 3. The molecule has 2 amide bonds. The molecule has 2 unspecified atom stereocenters. The van der Waals surface area contributed by atoms with Crippen molar-refractivity contribution < 1.29 is 56.6 Å². The number of β-lactam (4-membered cyclic amide) rings is 1. The number of esters is 2. The molecule has 3 rings (SSSR count). The molecule has 4 N–H and O–H groups in total. The highest BCUT2D eigenvalue weighted by Crippen LogP contribution is 2.44. The van der Waals surface area contributed by atoms with Gasteiger partial charge in [-0.2, -0.15) is 13.2 Å². The highest BCUT2D eigenvalue weighted by atomic mass is 32.2. The number of carboxylic acid groups (broad SMARTS) is 1. The third kappa shape index (κ3) is 7.90. The van der Waals surface area contributed by atoms with Gasteiger partial charge in [0.1, 0.15) is 22.5 Å². The Morgan fingerprint density at radius 2 is 1.98 bits per heavy atom. The first-order chi connectivity index (χ1) is 19.4. The molecule has 0 radical (unpaired) electrons. The van der Waals surface area contributed by atoms with Crippen LogP contribution in [0.4, 0.5) is 18.3 Å². The number of carboxylic acids is 1. The fraction of sp³-hybridized carbons (Fsp3) is 0.522. The summed E-state index contributed by atoms with van der Waals surface area (Å²) >= 11 is 1.87. The number of rotatable bonds is 10. The van der Waals surface area contributed by atoms with E-state index >= 15 is 0 Å².